The minimum Gasteiger partial charge on any atom is -0.384 e. The lowest BCUT2D eigenvalue weighted by atomic mass is 10.3. The van der Waals surface area contributed by atoms with E-state index in [0.29, 0.717) is 0 Å². The van der Waals surface area contributed by atoms with Gasteiger partial charge in [-0.3, -0.25) is 0 Å². The molecule has 0 unspecified atom stereocenters. The first-order valence-corrected chi connectivity index (χ1v) is 6.22. The SMILES string of the molecule is Nc1cccc(S(=O)(=O)c2ccccc2F)n1. The summed E-state index contributed by atoms with van der Waals surface area (Å²) in [5.41, 5.74) is 5.40. The average molecular weight is 252 g/mol. The fourth-order valence-corrected chi connectivity index (χ4v) is 2.65. The van der Waals surface area contributed by atoms with Gasteiger partial charge in [0.25, 0.3) is 0 Å². The Morgan fingerprint density at radius 2 is 1.76 bits per heavy atom. The first-order chi connectivity index (χ1) is 8.01. The van der Waals surface area contributed by atoms with Gasteiger partial charge in [-0.15, -0.1) is 0 Å². The van der Waals surface area contributed by atoms with E-state index in [-0.39, 0.29) is 10.8 Å². The van der Waals surface area contributed by atoms with Crippen LogP contribution in [-0.2, 0) is 9.84 Å². The van der Waals surface area contributed by atoms with Gasteiger partial charge in [0.1, 0.15) is 16.5 Å². The monoisotopic (exact) mass is 252 g/mol. The molecule has 0 bridgehead atoms. The molecule has 0 radical (unpaired) electrons. The zero-order chi connectivity index (χ0) is 12.5. The zero-order valence-electron chi connectivity index (χ0n) is 8.67. The van der Waals surface area contributed by atoms with E-state index in [1.54, 1.807) is 0 Å². The molecular formula is C11H9FN2O2S. The Balaban J connectivity index is 2.63. The number of anilines is 1. The van der Waals surface area contributed by atoms with E-state index in [4.69, 9.17) is 5.73 Å². The predicted octanol–water partition coefficient (Wildman–Crippen LogP) is 1.64. The smallest absolute Gasteiger partial charge is 0.226 e. The fourth-order valence-electron chi connectivity index (χ4n) is 1.36. The number of aromatic nitrogens is 1. The molecule has 0 saturated heterocycles. The summed E-state index contributed by atoms with van der Waals surface area (Å²) in [6.07, 6.45) is 0. The molecule has 4 nitrogen and oxygen atoms in total. The molecule has 0 aliphatic rings. The van der Waals surface area contributed by atoms with Crippen molar-refractivity contribution in [2.45, 2.75) is 9.92 Å². The van der Waals surface area contributed by atoms with Crippen LogP contribution in [0.5, 0.6) is 0 Å². The van der Waals surface area contributed by atoms with Gasteiger partial charge < -0.3 is 5.73 Å². The molecule has 17 heavy (non-hydrogen) atoms. The van der Waals surface area contributed by atoms with Crippen molar-refractivity contribution in [3.05, 3.63) is 48.3 Å². The number of pyridine rings is 1. The van der Waals surface area contributed by atoms with Crippen molar-refractivity contribution < 1.29 is 12.8 Å². The number of nitrogens with two attached hydrogens (primary N) is 1. The van der Waals surface area contributed by atoms with Gasteiger partial charge in [-0.1, -0.05) is 18.2 Å². The van der Waals surface area contributed by atoms with Crippen LogP contribution in [0.3, 0.4) is 0 Å². The maximum atomic E-state index is 13.4. The summed E-state index contributed by atoms with van der Waals surface area (Å²) in [5, 5.41) is -0.261. The number of nitrogens with zero attached hydrogens (tertiary/aromatic N) is 1. The summed E-state index contributed by atoms with van der Waals surface area (Å²) in [7, 11) is -3.96. The molecule has 2 N–H and O–H groups in total. The Morgan fingerprint density at radius 3 is 2.41 bits per heavy atom. The molecule has 1 aromatic heterocycles. The highest BCUT2D eigenvalue weighted by Gasteiger charge is 2.22. The number of rotatable bonds is 2. The quantitative estimate of drug-likeness (QED) is 0.881. The Bertz CT molecular complexity index is 656. The number of hydrogen-bond acceptors (Lipinski definition) is 4. The molecule has 1 aromatic carbocycles. The maximum Gasteiger partial charge on any atom is 0.226 e. The van der Waals surface area contributed by atoms with E-state index < -0.39 is 20.5 Å². The molecule has 0 saturated carbocycles. The van der Waals surface area contributed by atoms with E-state index in [2.05, 4.69) is 4.98 Å². The average Bonchev–Trinajstić information content (AvgIpc) is 2.29. The number of benzene rings is 1. The lowest BCUT2D eigenvalue weighted by Gasteiger charge is -2.05. The summed E-state index contributed by atoms with van der Waals surface area (Å²) in [6, 6.07) is 9.33. The van der Waals surface area contributed by atoms with Crippen LogP contribution in [0.25, 0.3) is 0 Å². The third kappa shape index (κ3) is 2.12. The Kier molecular flexibility index (Phi) is 2.81. The van der Waals surface area contributed by atoms with Crippen molar-refractivity contribution in [3.63, 3.8) is 0 Å². The Hall–Kier alpha value is -1.95. The third-order valence-corrected chi connectivity index (χ3v) is 3.83. The zero-order valence-corrected chi connectivity index (χ0v) is 9.49. The highest BCUT2D eigenvalue weighted by atomic mass is 32.2. The van der Waals surface area contributed by atoms with E-state index in [9.17, 15) is 12.8 Å². The normalized spacial score (nSPS) is 11.4. The molecule has 0 spiro atoms. The second-order valence-electron chi connectivity index (χ2n) is 3.33. The third-order valence-electron chi connectivity index (χ3n) is 2.15. The molecule has 0 atom stereocenters. The van der Waals surface area contributed by atoms with Gasteiger partial charge in [0.2, 0.25) is 9.84 Å². The molecule has 0 aliphatic carbocycles. The van der Waals surface area contributed by atoms with Crippen molar-refractivity contribution in [1.29, 1.82) is 0 Å². The van der Waals surface area contributed by atoms with Crippen LogP contribution in [0.1, 0.15) is 0 Å². The fraction of sp³-hybridized carbons (Fsp3) is 0. The van der Waals surface area contributed by atoms with Gasteiger partial charge in [-0.05, 0) is 24.3 Å². The summed E-state index contributed by atoms with van der Waals surface area (Å²) in [6.45, 7) is 0. The van der Waals surface area contributed by atoms with Gasteiger partial charge in [0.05, 0.1) is 0 Å². The van der Waals surface area contributed by atoms with Crippen LogP contribution in [0.4, 0.5) is 10.2 Å². The van der Waals surface area contributed by atoms with Crippen molar-refractivity contribution >= 4 is 15.7 Å². The van der Waals surface area contributed by atoms with Crippen molar-refractivity contribution in [1.82, 2.24) is 4.98 Å². The van der Waals surface area contributed by atoms with Crippen LogP contribution in [0, 0.1) is 5.82 Å². The minimum atomic E-state index is -3.96. The molecule has 2 aromatic rings. The van der Waals surface area contributed by atoms with E-state index in [0.717, 1.165) is 6.07 Å². The predicted molar refractivity (Wildman–Crippen MR) is 60.5 cm³/mol. The van der Waals surface area contributed by atoms with E-state index >= 15 is 0 Å². The van der Waals surface area contributed by atoms with Gasteiger partial charge in [-0.2, -0.15) is 0 Å². The summed E-state index contributed by atoms with van der Waals surface area (Å²) < 4.78 is 37.5. The Labute approximate surface area is 97.8 Å². The maximum absolute atomic E-state index is 13.4. The Morgan fingerprint density at radius 1 is 1.06 bits per heavy atom. The van der Waals surface area contributed by atoms with Crippen LogP contribution < -0.4 is 5.73 Å². The van der Waals surface area contributed by atoms with Crippen molar-refractivity contribution in [3.8, 4) is 0 Å². The number of sulfone groups is 1. The van der Waals surface area contributed by atoms with Crippen LogP contribution in [0.2, 0.25) is 0 Å². The topological polar surface area (TPSA) is 73.1 Å². The summed E-state index contributed by atoms with van der Waals surface area (Å²) in [4.78, 5) is 3.28. The second-order valence-corrected chi connectivity index (χ2v) is 5.20. The lowest BCUT2D eigenvalue weighted by molar-refractivity contribution is 0.564. The number of nitrogen functional groups attached to an aromatic ring is 1. The minimum absolute atomic E-state index is 0.0717. The number of halogens is 1. The van der Waals surface area contributed by atoms with Crippen molar-refractivity contribution in [2.24, 2.45) is 0 Å². The van der Waals surface area contributed by atoms with Gasteiger partial charge in [0, 0.05) is 0 Å². The summed E-state index contributed by atoms with van der Waals surface area (Å²) in [5.74, 6) is -0.737. The van der Waals surface area contributed by atoms with Crippen LogP contribution in [0.15, 0.2) is 52.4 Å². The van der Waals surface area contributed by atoms with E-state index in [1.165, 1.54) is 36.4 Å². The number of hydrogen-bond donors (Lipinski definition) is 1. The summed E-state index contributed by atoms with van der Waals surface area (Å²) >= 11 is 0. The highest BCUT2D eigenvalue weighted by Crippen LogP contribution is 2.21. The second kappa shape index (κ2) is 4.14. The molecule has 0 amide bonds. The van der Waals surface area contributed by atoms with Crippen LogP contribution >= 0.6 is 0 Å². The highest BCUT2D eigenvalue weighted by molar-refractivity contribution is 7.91. The standard InChI is InChI=1S/C11H9FN2O2S/c12-8-4-1-2-5-9(8)17(15,16)11-7-3-6-10(13)14-11/h1-7H,(H2,13,14). The van der Waals surface area contributed by atoms with Crippen molar-refractivity contribution in [2.75, 3.05) is 5.73 Å². The molecule has 1 heterocycles. The van der Waals surface area contributed by atoms with E-state index in [1.807, 2.05) is 0 Å². The first kappa shape index (κ1) is 11.5. The molecule has 0 aliphatic heterocycles. The van der Waals surface area contributed by atoms with Crippen LogP contribution in [-0.4, -0.2) is 13.4 Å². The lowest BCUT2D eigenvalue weighted by Crippen LogP contribution is -2.07. The molecule has 0 fully saturated rings. The molecule has 2 rings (SSSR count). The molecule has 88 valence electrons. The van der Waals surface area contributed by atoms with Gasteiger partial charge >= 0.3 is 0 Å². The van der Waals surface area contributed by atoms with Gasteiger partial charge in [-0.25, -0.2) is 17.8 Å². The first-order valence-electron chi connectivity index (χ1n) is 4.74. The molecule has 6 heteroatoms. The van der Waals surface area contributed by atoms with Gasteiger partial charge in [0.15, 0.2) is 5.03 Å². The largest absolute Gasteiger partial charge is 0.384 e. The molecular weight excluding hydrogens is 243 g/mol.